The summed E-state index contributed by atoms with van der Waals surface area (Å²) in [5.41, 5.74) is 2.39. The van der Waals surface area contributed by atoms with E-state index < -0.39 is 0 Å². The summed E-state index contributed by atoms with van der Waals surface area (Å²) in [7, 11) is 0. The van der Waals surface area contributed by atoms with Crippen LogP contribution in [0.3, 0.4) is 0 Å². The van der Waals surface area contributed by atoms with Gasteiger partial charge in [0.2, 0.25) is 5.91 Å². The van der Waals surface area contributed by atoms with Gasteiger partial charge >= 0.3 is 0 Å². The predicted molar refractivity (Wildman–Crippen MR) is 90.6 cm³/mol. The van der Waals surface area contributed by atoms with Gasteiger partial charge < -0.3 is 10.1 Å². The number of amides is 1. The van der Waals surface area contributed by atoms with Gasteiger partial charge in [-0.3, -0.25) is 9.48 Å². The van der Waals surface area contributed by atoms with Gasteiger partial charge in [0.05, 0.1) is 12.7 Å². The zero-order valence-electron chi connectivity index (χ0n) is 14.1. The van der Waals surface area contributed by atoms with E-state index in [9.17, 15) is 4.79 Å². The van der Waals surface area contributed by atoms with Crippen LogP contribution in [0.5, 0.6) is 5.75 Å². The van der Waals surface area contributed by atoms with Crippen molar-refractivity contribution in [1.29, 1.82) is 0 Å². The van der Waals surface area contributed by atoms with Gasteiger partial charge in [0.25, 0.3) is 0 Å². The van der Waals surface area contributed by atoms with Crippen LogP contribution < -0.4 is 10.1 Å². The first-order chi connectivity index (χ1) is 11.0. The second-order valence-corrected chi connectivity index (χ2v) is 5.95. The fourth-order valence-electron chi connectivity index (χ4n) is 2.20. The molecule has 0 saturated heterocycles. The van der Waals surface area contributed by atoms with Crippen molar-refractivity contribution in [3.63, 3.8) is 0 Å². The first-order valence-corrected chi connectivity index (χ1v) is 8.03. The van der Waals surface area contributed by atoms with Gasteiger partial charge in [-0.25, -0.2) is 0 Å². The van der Waals surface area contributed by atoms with Crippen LogP contribution in [0.25, 0.3) is 0 Å². The fourth-order valence-corrected chi connectivity index (χ4v) is 2.20. The lowest BCUT2D eigenvalue weighted by Crippen LogP contribution is -2.28. The summed E-state index contributed by atoms with van der Waals surface area (Å²) in [6.07, 6.45) is 4.14. The highest BCUT2D eigenvalue weighted by atomic mass is 16.5. The molecular weight excluding hydrogens is 290 g/mol. The van der Waals surface area contributed by atoms with Crippen molar-refractivity contribution in [2.24, 2.45) is 0 Å². The number of aryl methyl sites for hydroxylation is 2. The standard InChI is InChI=1S/C18H25N3O2/c1-14(2)16-4-6-17(7-5-16)23-11-9-19-18(22)8-10-21-13-15(3)12-20-21/h4-7,12-14H,8-11H2,1-3H3,(H,19,22). The lowest BCUT2D eigenvalue weighted by molar-refractivity contribution is -0.121. The van der Waals surface area contributed by atoms with Gasteiger partial charge in [-0.05, 0) is 36.1 Å². The second-order valence-electron chi connectivity index (χ2n) is 5.95. The summed E-state index contributed by atoms with van der Waals surface area (Å²) in [5, 5.41) is 7.01. The van der Waals surface area contributed by atoms with Crippen molar-refractivity contribution in [3.8, 4) is 5.75 Å². The molecule has 0 aliphatic heterocycles. The molecule has 0 unspecified atom stereocenters. The Kier molecular flexibility index (Phi) is 6.20. The van der Waals surface area contributed by atoms with Gasteiger partial charge in [-0.2, -0.15) is 5.10 Å². The molecule has 1 aromatic heterocycles. The monoisotopic (exact) mass is 315 g/mol. The number of hydrogen-bond donors (Lipinski definition) is 1. The van der Waals surface area contributed by atoms with E-state index in [0.717, 1.165) is 11.3 Å². The Morgan fingerprint density at radius 2 is 2.04 bits per heavy atom. The molecule has 124 valence electrons. The van der Waals surface area contributed by atoms with Gasteiger partial charge in [-0.1, -0.05) is 26.0 Å². The third kappa shape index (κ3) is 5.77. The number of ether oxygens (including phenoxy) is 1. The number of hydrogen-bond acceptors (Lipinski definition) is 3. The minimum atomic E-state index is 0.0110. The Labute approximate surface area is 137 Å². The van der Waals surface area contributed by atoms with E-state index in [0.29, 0.717) is 32.0 Å². The van der Waals surface area contributed by atoms with E-state index >= 15 is 0 Å². The van der Waals surface area contributed by atoms with Gasteiger partial charge in [-0.15, -0.1) is 0 Å². The highest BCUT2D eigenvalue weighted by Gasteiger charge is 2.03. The van der Waals surface area contributed by atoms with E-state index in [4.69, 9.17) is 4.74 Å². The van der Waals surface area contributed by atoms with Crippen molar-refractivity contribution in [2.45, 2.75) is 39.7 Å². The second kappa shape index (κ2) is 8.36. The lowest BCUT2D eigenvalue weighted by Gasteiger charge is -2.10. The van der Waals surface area contributed by atoms with Crippen LogP contribution in [-0.4, -0.2) is 28.8 Å². The van der Waals surface area contributed by atoms with Gasteiger partial charge in [0, 0.05) is 19.2 Å². The number of carbonyl (C=O) groups excluding carboxylic acids is 1. The summed E-state index contributed by atoms with van der Waals surface area (Å²) in [5.74, 6) is 1.36. The van der Waals surface area contributed by atoms with E-state index in [2.05, 4.69) is 36.4 Å². The van der Waals surface area contributed by atoms with Crippen molar-refractivity contribution in [2.75, 3.05) is 13.2 Å². The maximum atomic E-state index is 11.7. The van der Waals surface area contributed by atoms with Crippen LogP contribution >= 0.6 is 0 Å². The summed E-state index contributed by atoms with van der Waals surface area (Å²) >= 11 is 0. The van der Waals surface area contributed by atoms with E-state index in [1.807, 2.05) is 25.3 Å². The average Bonchev–Trinajstić information content (AvgIpc) is 2.95. The summed E-state index contributed by atoms with van der Waals surface area (Å²) in [4.78, 5) is 11.7. The molecule has 0 spiro atoms. The molecular formula is C18H25N3O2. The van der Waals surface area contributed by atoms with Crippen LogP contribution in [0.1, 0.15) is 37.3 Å². The molecule has 5 nitrogen and oxygen atoms in total. The smallest absolute Gasteiger partial charge is 0.221 e. The van der Waals surface area contributed by atoms with Crippen molar-refractivity contribution < 1.29 is 9.53 Å². The Bertz CT molecular complexity index is 617. The molecule has 5 heteroatoms. The number of nitrogens with zero attached hydrogens (tertiary/aromatic N) is 2. The van der Waals surface area contributed by atoms with Gasteiger partial charge in [0.15, 0.2) is 0 Å². The number of aromatic nitrogens is 2. The van der Waals surface area contributed by atoms with Crippen LogP contribution in [0.4, 0.5) is 0 Å². The summed E-state index contributed by atoms with van der Waals surface area (Å²) in [6.45, 7) is 7.87. The highest BCUT2D eigenvalue weighted by molar-refractivity contribution is 5.75. The Morgan fingerprint density at radius 3 is 2.65 bits per heavy atom. The molecule has 0 aliphatic carbocycles. The third-order valence-corrected chi connectivity index (χ3v) is 3.57. The lowest BCUT2D eigenvalue weighted by atomic mass is 10.0. The Morgan fingerprint density at radius 1 is 1.30 bits per heavy atom. The zero-order chi connectivity index (χ0) is 16.7. The molecule has 0 bridgehead atoms. The van der Waals surface area contributed by atoms with Crippen molar-refractivity contribution in [1.82, 2.24) is 15.1 Å². The molecule has 1 heterocycles. The molecule has 1 N–H and O–H groups in total. The minimum Gasteiger partial charge on any atom is -0.492 e. The SMILES string of the molecule is Cc1cnn(CCC(=O)NCCOc2ccc(C(C)C)cc2)c1. The van der Waals surface area contributed by atoms with E-state index in [1.54, 1.807) is 10.9 Å². The van der Waals surface area contributed by atoms with Crippen LogP contribution in [-0.2, 0) is 11.3 Å². The fraction of sp³-hybridized carbons (Fsp3) is 0.444. The molecule has 2 rings (SSSR count). The number of carbonyl (C=O) groups is 1. The zero-order valence-corrected chi connectivity index (χ0v) is 14.1. The largest absolute Gasteiger partial charge is 0.492 e. The average molecular weight is 315 g/mol. The number of nitrogens with one attached hydrogen (secondary N) is 1. The van der Waals surface area contributed by atoms with E-state index in [1.165, 1.54) is 5.56 Å². The molecule has 0 atom stereocenters. The first kappa shape index (κ1) is 17.1. The third-order valence-electron chi connectivity index (χ3n) is 3.57. The minimum absolute atomic E-state index is 0.0110. The quantitative estimate of drug-likeness (QED) is 0.762. The highest BCUT2D eigenvalue weighted by Crippen LogP contribution is 2.18. The molecule has 0 saturated carbocycles. The summed E-state index contributed by atoms with van der Waals surface area (Å²) < 4.78 is 7.40. The maximum absolute atomic E-state index is 11.7. The number of rotatable bonds is 8. The van der Waals surface area contributed by atoms with Crippen molar-refractivity contribution >= 4 is 5.91 Å². The van der Waals surface area contributed by atoms with Crippen LogP contribution in [0.2, 0.25) is 0 Å². The Balaban J connectivity index is 1.61. The molecule has 0 radical (unpaired) electrons. The normalized spacial score (nSPS) is 10.8. The number of benzene rings is 1. The molecule has 0 aliphatic rings. The topological polar surface area (TPSA) is 56.2 Å². The molecule has 1 amide bonds. The summed E-state index contributed by atoms with van der Waals surface area (Å²) in [6, 6.07) is 8.09. The van der Waals surface area contributed by atoms with Gasteiger partial charge in [0.1, 0.15) is 12.4 Å². The van der Waals surface area contributed by atoms with Crippen molar-refractivity contribution in [3.05, 3.63) is 47.8 Å². The van der Waals surface area contributed by atoms with Crippen LogP contribution in [0.15, 0.2) is 36.7 Å². The molecule has 1 aromatic carbocycles. The molecule has 2 aromatic rings. The van der Waals surface area contributed by atoms with E-state index in [-0.39, 0.29) is 5.91 Å². The van der Waals surface area contributed by atoms with Crippen LogP contribution in [0, 0.1) is 6.92 Å². The predicted octanol–water partition coefficient (Wildman–Crippen LogP) is 2.90. The first-order valence-electron chi connectivity index (χ1n) is 8.03. The maximum Gasteiger partial charge on any atom is 0.221 e. The Hall–Kier alpha value is -2.30. The molecule has 23 heavy (non-hydrogen) atoms. The molecule has 0 fully saturated rings.